The van der Waals surface area contributed by atoms with Crippen molar-refractivity contribution in [3.05, 3.63) is 35.9 Å². The molecule has 2 N–H and O–H groups in total. The predicted octanol–water partition coefficient (Wildman–Crippen LogP) is 1.13. The lowest BCUT2D eigenvalue weighted by molar-refractivity contribution is -0.255. The Morgan fingerprint density at radius 1 is 0.829 bits per heavy atom. The second-order valence-corrected chi connectivity index (χ2v) is 7.87. The Hall–Kier alpha value is -3.67. The monoisotopic (exact) mass is 494 g/mol. The molecule has 0 spiro atoms. The smallest absolute Gasteiger partial charge is 0.317 e. The summed E-state index contributed by atoms with van der Waals surface area (Å²) in [6.45, 7) is 5.90. The fourth-order valence-electron chi connectivity index (χ4n) is 3.54. The van der Waals surface area contributed by atoms with Crippen LogP contribution in [0.1, 0.15) is 46.2 Å². The average molecular weight is 494 g/mol. The molecule has 1 aromatic rings. The number of benzene rings is 1. The summed E-state index contributed by atoms with van der Waals surface area (Å²) < 4.78 is 26.8. The van der Waals surface area contributed by atoms with Crippen molar-refractivity contribution in [3.63, 3.8) is 0 Å². The Labute approximate surface area is 202 Å². The molecule has 2 amide bonds. The maximum atomic E-state index is 12.8. The number of carbonyl (C=O) groups is 5. The maximum absolute atomic E-state index is 12.8. The fourth-order valence-corrected chi connectivity index (χ4v) is 3.54. The van der Waals surface area contributed by atoms with E-state index in [1.807, 2.05) is 30.3 Å². The van der Waals surface area contributed by atoms with Crippen molar-refractivity contribution in [2.45, 2.75) is 71.3 Å². The third-order valence-corrected chi connectivity index (χ3v) is 4.91. The first-order chi connectivity index (χ1) is 16.5. The van der Waals surface area contributed by atoms with E-state index in [-0.39, 0.29) is 6.04 Å². The molecule has 0 aliphatic carbocycles. The van der Waals surface area contributed by atoms with Crippen LogP contribution in [0.25, 0.3) is 0 Å². The van der Waals surface area contributed by atoms with E-state index in [4.69, 9.17) is 23.7 Å². The molecule has 1 aliphatic rings. The third kappa shape index (κ3) is 8.56. The van der Waals surface area contributed by atoms with Gasteiger partial charge in [-0.2, -0.15) is 0 Å². The van der Waals surface area contributed by atoms with Crippen molar-refractivity contribution < 1.29 is 47.7 Å². The van der Waals surface area contributed by atoms with Gasteiger partial charge in [-0.25, -0.2) is 4.79 Å². The number of ether oxygens (including phenoxy) is 5. The second-order valence-electron chi connectivity index (χ2n) is 7.87. The Morgan fingerprint density at radius 3 is 1.91 bits per heavy atom. The molecule has 12 heteroatoms. The number of hydrogen-bond donors (Lipinski definition) is 2. The number of rotatable bonds is 8. The van der Waals surface area contributed by atoms with Gasteiger partial charge in [-0.1, -0.05) is 30.3 Å². The van der Waals surface area contributed by atoms with Gasteiger partial charge in [-0.3, -0.25) is 19.2 Å². The Morgan fingerprint density at radius 2 is 1.37 bits per heavy atom. The Kier molecular flexibility index (Phi) is 10.0. The van der Waals surface area contributed by atoms with E-state index in [9.17, 15) is 24.0 Å². The van der Waals surface area contributed by atoms with E-state index < -0.39 is 67.2 Å². The van der Waals surface area contributed by atoms with E-state index in [1.54, 1.807) is 6.92 Å². The fraction of sp³-hybridized carbons (Fsp3) is 0.522. The molecule has 1 saturated heterocycles. The van der Waals surface area contributed by atoms with Crippen molar-refractivity contribution >= 4 is 29.9 Å². The van der Waals surface area contributed by atoms with Gasteiger partial charge in [-0.15, -0.1) is 0 Å². The zero-order valence-electron chi connectivity index (χ0n) is 20.1. The molecule has 0 unspecified atom stereocenters. The minimum absolute atomic E-state index is 0.387. The van der Waals surface area contributed by atoms with Crippen molar-refractivity contribution in [1.29, 1.82) is 0 Å². The van der Waals surface area contributed by atoms with E-state index in [2.05, 4.69) is 10.6 Å². The van der Waals surface area contributed by atoms with Gasteiger partial charge < -0.3 is 34.3 Å². The van der Waals surface area contributed by atoms with E-state index >= 15 is 0 Å². The Balaban J connectivity index is 2.32. The molecule has 1 aliphatic heterocycles. The molecule has 6 atom stereocenters. The van der Waals surface area contributed by atoms with Gasteiger partial charge >= 0.3 is 29.9 Å². The molecule has 0 radical (unpaired) electrons. The molecule has 2 rings (SSSR count). The first-order valence-corrected chi connectivity index (χ1v) is 10.9. The molecule has 0 saturated carbocycles. The van der Waals surface area contributed by atoms with Gasteiger partial charge in [0.2, 0.25) is 0 Å². The summed E-state index contributed by atoms with van der Waals surface area (Å²) in [5.74, 6) is -2.91. The molecule has 0 aromatic heterocycles. The van der Waals surface area contributed by atoms with Crippen LogP contribution in [0.15, 0.2) is 30.3 Å². The highest BCUT2D eigenvalue weighted by molar-refractivity contribution is 5.75. The lowest BCUT2D eigenvalue weighted by Crippen LogP contribution is -2.66. The molecule has 1 aromatic carbocycles. The first-order valence-electron chi connectivity index (χ1n) is 10.9. The third-order valence-electron chi connectivity index (χ3n) is 4.91. The van der Waals surface area contributed by atoms with Gasteiger partial charge in [0.05, 0.1) is 6.04 Å². The number of amides is 2. The van der Waals surface area contributed by atoms with Gasteiger partial charge in [0.15, 0.2) is 24.5 Å². The van der Waals surface area contributed by atoms with E-state index in [0.29, 0.717) is 0 Å². The molecule has 35 heavy (non-hydrogen) atoms. The van der Waals surface area contributed by atoms with Gasteiger partial charge in [-0.05, 0) is 12.5 Å². The molecule has 1 fully saturated rings. The summed E-state index contributed by atoms with van der Waals surface area (Å²) in [6.07, 6.45) is -6.56. The van der Waals surface area contributed by atoms with Crippen LogP contribution in [-0.2, 0) is 42.9 Å². The molecular weight excluding hydrogens is 464 g/mol. The van der Waals surface area contributed by atoms with Crippen LogP contribution < -0.4 is 10.6 Å². The summed E-state index contributed by atoms with van der Waals surface area (Å²) in [7, 11) is 0. The van der Waals surface area contributed by atoms with Gasteiger partial charge in [0, 0.05) is 27.7 Å². The summed E-state index contributed by atoms with van der Waals surface area (Å²) in [5, 5.41) is 5.28. The highest BCUT2D eigenvalue weighted by atomic mass is 16.7. The van der Waals surface area contributed by atoms with Crippen LogP contribution in [0, 0.1) is 0 Å². The molecule has 192 valence electrons. The van der Waals surface area contributed by atoms with Crippen LogP contribution in [0.5, 0.6) is 0 Å². The summed E-state index contributed by atoms with van der Waals surface area (Å²) >= 11 is 0. The molecule has 1 heterocycles. The number of esters is 4. The van der Waals surface area contributed by atoms with Crippen molar-refractivity contribution in [3.8, 4) is 0 Å². The standard InChI is InChI=1S/C23H30N2O10/c1-12(17-9-7-6-8-10-17)24-23(30)25-22-21(34-16(5)29)20(33-15(4)28)19(32-14(3)27)18(35-22)11-31-13(2)26/h6-10,12,18-22H,11H2,1-5H3,(H2,24,25,30)/t12-,18+,19+,20-,21+,22+/m0/s1. The zero-order valence-corrected chi connectivity index (χ0v) is 20.1. The minimum Gasteiger partial charge on any atom is -0.463 e. The molecule has 12 nitrogen and oxygen atoms in total. The maximum Gasteiger partial charge on any atom is 0.317 e. The zero-order chi connectivity index (χ0) is 26.1. The number of urea groups is 1. The second kappa shape index (κ2) is 12.7. The minimum atomic E-state index is -1.38. The molecular formula is C23H30N2O10. The highest BCUT2D eigenvalue weighted by Crippen LogP contribution is 2.28. The lowest BCUT2D eigenvalue weighted by atomic mass is 9.97. The molecule has 0 bridgehead atoms. The van der Waals surface area contributed by atoms with Crippen LogP contribution in [0.4, 0.5) is 4.79 Å². The van der Waals surface area contributed by atoms with E-state index in [0.717, 1.165) is 26.3 Å². The summed E-state index contributed by atoms with van der Waals surface area (Å²) in [4.78, 5) is 59.6. The Bertz CT molecular complexity index is 922. The lowest BCUT2D eigenvalue weighted by Gasteiger charge is -2.44. The van der Waals surface area contributed by atoms with Crippen molar-refractivity contribution in [2.75, 3.05) is 6.61 Å². The van der Waals surface area contributed by atoms with Crippen LogP contribution in [0.2, 0.25) is 0 Å². The van der Waals surface area contributed by atoms with Crippen LogP contribution in [-0.4, -0.2) is 67.2 Å². The first kappa shape index (κ1) is 27.6. The summed E-state index contributed by atoms with van der Waals surface area (Å²) in [5.41, 5.74) is 0.837. The van der Waals surface area contributed by atoms with Gasteiger partial charge in [0.25, 0.3) is 0 Å². The van der Waals surface area contributed by atoms with Crippen LogP contribution in [0.3, 0.4) is 0 Å². The average Bonchev–Trinajstić information content (AvgIpc) is 2.76. The highest BCUT2D eigenvalue weighted by Gasteiger charge is 2.52. The van der Waals surface area contributed by atoms with E-state index in [1.165, 1.54) is 6.92 Å². The normalized spacial score (nSPS) is 24.3. The number of carbonyl (C=O) groups excluding carboxylic acids is 5. The topological polar surface area (TPSA) is 156 Å². The number of hydrogen-bond acceptors (Lipinski definition) is 10. The summed E-state index contributed by atoms with van der Waals surface area (Å²) in [6, 6.07) is 8.09. The number of nitrogens with one attached hydrogen (secondary N) is 2. The predicted molar refractivity (Wildman–Crippen MR) is 118 cm³/mol. The quantitative estimate of drug-likeness (QED) is 0.397. The SMILES string of the molecule is CC(=O)OC[C@H]1O[C@@H](NC(=O)N[C@@H](C)c2ccccc2)[C@H](OC(C)=O)[C@@H](OC(C)=O)[C@@H]1OC(C)=O. The van der Waals surface area contributed by atoms with Crippen LogP contribution >= 0.6 is 0 Å². The van der Waals surface area contributed by atoms with Crippen molar-refractivity contribution in [2.24, 2.45) is 0 Å². The van der Waals surface area contributed by atoms with Crippen molar-refractivity contribution in [1.82, 2.24) is 10.6 Å². The largest absolute Gasteiger partial charge is 0.463 e. The van der Waals surface area contributed by atoms with Gasteiger partial charge in [0.1, 0.15) is 12.7 Å².